The van der Waals surface area contributed by atoms with E-state index in [0.29, 0.717) is 30.3 Å². The minimum Gasteiger partial charge on any atom is -0.490 e. The molecule has 3 fully saturated rings. The number of piperidine rings is 1. The van der Waals surface area contributed by atoms with E-state index in [-0.39, 0.29) is 13.2 Å². The molecule has 4 aromatic rings. The fourth-order valence-corrected chi connectivity index (χ4v) is 6.00. The van der Waals surface area contributed by atoms with E-state index in [2.05, 4.69) is 47.8 Å². The predicted molar refractivity (Wildman–Crippen MR) is 148 cm³/mol. The molecule has 0 N–H and O–H groups in total. The molecule has 12 heteroatoms. The van der Waals surface area contributed by atoms with Gasteiger partial charge in [0.25, 0.3) is 0 Å². The van der Waals surface area contributed by atoms with Gasteiger partial charge in [-0.2, -0.15) is 13.9 Å². The molecule has 212 valence electrons. The van der Waals surface area contributed by atoms with Gasteiger partial charge in [0.05, 0.1) is 37.7 Å². The highest BCUT2D eigenvalue weighted by Crippen LogP contribution is 2.37. The number of rotatable bonds is 10. The number of pyridine rings is 3. The van der Waals surface area contributed by atoms with Gasteiger partial charge in [0.1, 0.15) is 18.2 Å². The highest BCUT2D eigenvalue weighted by molar-refractivity contribution is 5.99. The first kappa shape index (κ1) is 25.8. The van der Waals surface area contributed by atoms with Crippen molar-refractivity contribution in [2.45, 2.75) is 38.2 Å². The minimum absolute atomic E-state index is 0.00178. The molecular formula is C29H29F2N7O3. The second kappa shape index (κ2) is 10.7. The highest BCUT2D eigenvalue weighted by atomic mass is 19.3. The first-order valence-electron chi connectivity index (χ1n) is 13.6. The molecule has 0 aliphatic carbocycles. The third kappa shape index (κ3) is 4.97. The Morgan fingerprint density at radius 2 is 1.93 bits per heavy atom. The number of anilines is 1. The summed E-state index contributed by atoms with van der Waals surface area (Å²) < 4.78 is 41.7. The lowest BCUT2D eigenvalue weighted by Crippen LogP contribution is -2.68. The summed E-state index contributed by atoms with van der Waals surface area (Å²) in [4.78, 5) is 18.5. The van der Waals surface area contributed by atoms with Crippen LogP contribution in [0.5, 0.6) is 11.6 Å². The Morgan fingerprint density at radius 3 is 2.66 bits per heavy atom. The summed E-state index contributed by atoms with van der Waals surface area (Å²) in [5.41, 5.74) is 5.75. The van der Waals surface area contributed by atoms with Crippen LogP contribution in [0.3, 0.4) is 0 Å². The van der Waals surface area contributed by atoms with Crippen molar-refractivity contribution in [2.75, 3.05) is 38.3 Å². The Balaban J connectivity index is 1.08. The van der Waals surface area contributed by atoms with E-state index in [4.69, 9.17) is 14.5 Å². The highest BCUT2D eigenvalue weighted by Gasteiger charge is 2.44. The third-order valence-electron chi connectivity index (χ3n) is 7.97. The molecule has 4 aromatic heterocycles. The monoisotopic (exact) mass is 561 g/mol. The summed E-state index contributed by atoms with van der Waals surface area (Å²) in [5.74, 6) is 2.08. The summed E-state index contributed by atoms with van der Waals surface area (Å²) in [7, 11) is 1.63. The molecular weight excluding hydrogens is 532 g/mol. The molecule has 2 bridgehead atoms. The number of hydrogen-bond acceptors (Lipinski definition) is 9. The lowest BCUT2D eigenvalue weighted by Gasteiger charge is -2.56. The van der Waals surface area contributed by atoms with E-state index >= 15 is 0 Å². The van der Waals surface area contributed by atoms with Crippen LogP contribution in [0.25, 0.3) is 16.6 Å². The van der Waals surface area contributed by atoms with Crippen LogP contribution in [0.15, 0.2) is 53.9 Å². The number of aliphatic imine (C=N–C) groups is 1. The van der Waals surface area contributed by atoms with Crippen LogP contribution < -0.4 is 14.4 Å². The molecule has 4 aliphatic heterocycles. The number of nitrogens with zero attached hydrogens (tertiary/aromatic N) is 7. The SMILES string of the molecule is COc1ccc(CN2C3CC2CN(c2ccc(-c4cc(OCCOC(F)F)cn5nc6c(c45)C=NC6)cn2)C3)cn1. The van der Waals surface area contributed by atoms with E-state index in [1.165, 1.54) is 12.0 Å². The summed E-state index contributed by atoms with van der Waals surface area (Å²) in [5, 5.41) is 4.66. The quantitative estimate of drug-likeness (QED) is 0.270. The number of halogens is 2. The Kier molecular flexibility index (Phi) is 6.71. The molecule has 10 nitrogen and oxygen atoms in total. The summed E-state index contributed by atoms with van der Waals surface area (Å²) in [6, 6.07) is 11.0. The van der Waals surface area contributed by atoms with Crippen molar-refractivity contribution in [2.24, 2.45) is 4.99 Å². The van der Waals surface area contributed by atoms with Crippen molar-refractivity contribution >= 4 is 17.5 Å². The molecule has 0 amide bonds. The fraction of sp³-hybridized carbons (Fsp3) is 0.379. The van der Waals surface area contributed by atoms with E-state index in [1.807, 2.05) is 30.7 Å². The maximum atomic E-state index is 12.3. The molecule has 0 spiro atoms. The third-order valence-corrected chi connectivity index (χ3v) is 7.97. The Labute approximate surface area is 235 Å². The van der Waals surface area contributed by atoms with Crippen LogP contribution in [-0.4, -0.2) is 82.8 Å². The number of piperazine rings is 1. The minimum atomic E-state index is -2.82. The predicted octanol–water partition coefficient (Wildman–Crippen LogP) is 3.81. The van der Waals surface area contributed by atoms with Gasteiger partial charge in [-0.1, -0.05) is 6.07 Å². The van der Waals surface area contributed by atoms with Crippen molar-refractivity contribution in [3.8, 4) is 22.8 Å². The zero-order valence-corrected chi connectivity index (χ0v) is 22.5. The topological polar surface area (TPSA) is 89.6 Å². The molecule has 0 radical (unpaired) electrons. The van der Waals surface area contributed by atoms with Crippen molar-refractivity contribution in [1.82, 2.24) is 24.5 Å². The molecule has 41 heavy (non-hydrogen) atoms. The molecule has 0 saturated carbocycles. The largest absolute Gasteiger partial charge is 0.490 e. The van der Waals surface area contributed by atoms with Crippen LogP contribution in [0, 0.1) is 0 Å². The number of methoxy groups -OCH3 is 1. The molecule has 8 heterocycles. The van der Waals surface area contributed by atoms with E-state index in [1.54, 1.807) is 17.8 Å². The van der Waals surface area contributed by atoms with Gasteiger partial charge in [-0.05, 0) is 30.2 Å². The Morgan fingerprint density at radius 1 is 1.05 bits per heavy atom. The van der Waals surface area contributed by atoms with Crippen molar-refractivity contribution in [3.05, 3.63) is 65.7 Å². The molecule has 0 aromatic carbocycles. The van der Waals surface area contributed by atoms with Crippen molar-refractivity contribution in [3.63, 3.8) is 0 Å². The number of ether oxygens (including phenoxy) is 3. The zero-order chi connectivity index (χ0) is 27.9. The van der Waals surface area contributed by atoms with Crippen LogP contribution in [0.2, 0.25) is 0 Å². The average Bonchev–Trinajstić information content (AvgIpc) is 3.59. The van der Waals surface area contributed by atoms with Crippen LogP contribution in [0.1, 0.15) is 23.2 Å². The van der Waals surface area contributed by atoms with Gasteiger partial charge >= 0.3 is 6.61 Å². The first-order valence-corrected chi connectivity index (χ1v) is 13.6. The van der Waals surface area contributed by atoms with Crippen molar-refractivity contribution in [1.29, 1.82) is 0 Å². The number of fused-ring (bicyclic) bond motifs is 5. The Bertz CT molecular complexity index is 1560. The van der Waals surface area contributed by atoms with E-state index in [0.717, 1.165) is 53.4 Å². The van der Waals surface area contributed by atoms with Gasteiger partial charge in [-0.15, -0.1) is 0 Å². The molecule has 8 rings (SSSR count). The number of aromatic nitrogens is 4. The van der Waals surface area contributed by atoms with Crippen LogP contribution >= 0.6 is 0 Å². The van der Waals surface area contributed by atoms with Gasteiger partial charge in [-0.3, -0.25) is 9.89 Å². The lowest BCUT2D eigenvalue weighted by atomic mass is 9.87. The molecule has 3 saturated heterocycles. The van der Waals surface area contributed by atoms with Gasteiger partial charge in [-0.25, -0.2) is 14.5 Å². The summed E-state index contributed by atoms with van der Waals surface area (Å²) >= 11 is 0. The second-order valence-corrected chi connectivity index (χ2v) is 10.4. The van der Waals surface area contributed by atoms with Gasteiger partial charge < -0.3 is 19.1 Å². The number of hydrogen-bond donors (Lipinski definition) is 0. The first-order chi connectivity index (χ1) is 20.1. The molecule has 2 unspecified atom stereocenters. The summed E-state index contributed by atoms with van der Waals surface area (Å²) in [6.45, 7) is 0.215. The molecule has 4 aliphatic rings. The lowest BCUT2D eigenvalue weighted by molar-refractivity contribution is -0.133. The fourth-order valence-electron chi connectivity index (χ4n) is 6.00. The Hall–Kier alpha value is -4.16. The standard InChI is InChI=1S/C29H29F2N7O3/c1-39-27-5-2-18(10-34-27)14-37-20-8-21(37)16-36(15-20)26-4-3-19(11-33-26)23-9-22(40-6-7-41-29(30)31)17-38-28(23)24-12-32-13-25(24)35-38/h2-5,9-12,17,20-21,29H,6-8,13-16H2,1H3. The van der Waals surface area contributed by atoms with Crippen molar-refractivity contribution < 1.29 is 23.0 Å². The maximum absolute atomic E-state index is 12.3. The van der Waals surface area contributed by atoms with E-state index < -0.39 is 6.61 Å². The van der Waals surface area contributed by atoms with Crippen LogP contribution in [0.4, 0.5) is 14.6 Å². The number of alkyl halides is 2. The maximum Gasteiger partial charge on any atom is 0.345 e. The average molecular weight is 562 g/mol. The van der Waals surface area contributed by atoms with Gasteiger partial charge in [0, 0.05) is 73.1 Å². The normalized spacial score (nSPS) is 19.6. The van der Waals surface area contributed by atoms with Gasteiger partial charge in [0.15, 0.2) is 0 Å². The smallest absolute Gasteiger partial charge is 0.345 e. The second-order valence-electron chi connectivity index (χ2n) is 10.4. The summed E-state index contributed by atoms with van der Waals surface area (Å²) in [6.07, 6.45) is 8.55. The van der Waals surface area contributed by atoms with E-state index in [9.17, 15) is 8.78 Å². The van der Waals surface area contributed by atoms with Gasteiger partial charge in [0.2, 0.25) is 5.88 Å². The molecule has 2 atom stereocenters. The van der Waals surface area contributed by atoms with Crippen LogP contribution in [-0.2, 0) is 17.8 Å². The zero-order valence-electron chi connectivity index (χ0n) is 22.5.